The third-order valence-corrected chi connectivity index (χ3v) is 5.29. The van der Waals surface area contributed by atoms with Crippen molar-refractivity contribution in [2.45, 2.75) is 19.8 Å². The molecule has 0 atom stereocenters. The Hall–Kier alpha value is -2.58. The minimum atomic E-state index is -0.432. The van der Waals surface area contributed by atoms with Crippen molar-refractivity contribution in [3.63, 3.8) is 0 Å². The summed E-state index contributed by atoms with van der Waals surface area (Å²) >= 11 is 2.56. The van der Waals surface area contributed by atoms with E-state index in [0.29, 0.717) is 15.7 Å². The molecule has 25 heavy (non-hydrogen) atoms. The second kappa shape index (κ2) is 7.54. The first-order valence-corrected chi connectivity index (χ1v) is 9.37. The molecule has 0 saturated heterocycles. The van der Waals surface area contributed by atoms with Gasteiger partial charge in [0, 0.05) is 11.4 Å². The van der Waals surface area contributed by atoms with Crippen LogP contribution in [-0.4, -0.2) is 15.8 Å². The van der Waals surface area contributed by atoms with Gasteiger partial charge in [-0.15, -0.1) is 22.7 Å². The van der Waals surface area contributed by atoms with Gasteiger partial charge in [-0.1, -0.05) is 31.2 Å². The minimum Gasteiger partial charge on any atom is -0.302 e. The lowest BCUT2D eigenvalue weighted by Gasteiger charge is -2.03. The number of nitrogens with one attached hydrogen (secondary N) is 1. The maximum absolute atomic E-state index is 12.1. The summed E-state index contributed by atoms with van der Waals surface area (Å²) in [6.07, 6.45) is 1.25. The highest BCUT2D eigenvalue weighted by Gasteiger charge is 2.14. The Morgan fingerprint density at radius 1 is 1.20 bits per heavy atom. The summed E-state index contributed by atoms with van der Waals surface area (Å²) in [7, 11) is 0. The summed E-state index contributed by atoms with van der Waals surface area (Å²) in [5, 5.41) is 17.3. The molecule has 0 bridgehead atoms. The highest BCUT2D eigenvalue weighted by molar-refractivity contribution is 7.16. The smallest absolute Gasteiger partial charge is 0.280 e. The Bertz CT molecular complexity index is 900. The number of thiazole rings is 1. The van der Waals surface area contributed by atoms with Crippen molar-refractivity contribution in [3.8, 4) is 10.6 Å². The SMILES string of the molecule is CCc1ccc(CC(=O)Nc2nc(-c3cc([N+](=O)[O-])cs3)cs2)cc1. The van der Waals surface area contributed by atoms with Gasteiger partial charge in [-0.05, 0) is 17.5 Å². The van der Waals surface area contributed by atoms with E-state index in [1.807, 2.05) is 24.3 Å². The second-order valence-corrected chi connectivity index (χ2v) is 7.13. The minimum absolute atomic E-state index is 0.0501. The zero-order valence-corrected chi connectivity index (χ0v) is 15.0. The summed E-state index contributed by atoms with van der Waals surface area (Å²) in [5.41, 5.74) is 2.86. The molecule has 128 valence electrons. The number of amides is 1. The first-order chi connectivity index (χ1) is 12.0. The molecule has 0 radical (unpaired) electrons. The van der Waals surface area contributed by atoms with Crippen molar-refractivity contribution in [2.75, 3.05) is 5.32 Å². The fourth-order valence-corrected chi connectivity index (χ4v) is 3.86. The quantitative estimate of drug-likeness (QED) is 0.508. The van der Waals surface area contributed by atoms with Gasteiger partial charge >= 0.3 is 0 Å². The molecule has 2 heterocycles. The Balaban J connectivity index is 1.63. The molecular formula is C17H15N3O3S2. The first-order valence-electron chi connectivity index (χ1n) is 7.61. The molecule has 3 aromatic rings. The van der Waals surface area contributed by atoms with Gasteiger partial charge < -0.3 is 5.32 Å². The topological polar surface area (TPSA) is 85.1 Å². The van der Waals surface area contributed by atoms with Crippen LogP contribution in [0.15, 0.2) is 41.1 Å². The molecule has 0 spiro atoms. The largest absolute Gasteiger partial charge is 0.302 e. The standard InChI is InChI=1S/C17H15N3O3S2/c1-2-11-3-5-12(6-4-11)7-16(21)19-17-18-14(10-25-17)15-8-13(9-24-15)20(22)23/h3-6,8-10H,2,7H2,1H3,(H,18,19,21). The maximum atomic E-state index is 12.1. The van der Waals surface area contributed by atoms with Gasteiger partial charge in [0.15, 0.2) is 5.13 Å². The van der Waals surface area contributed by atoms with Gasteiger partial charge in [-0.2, -0.15) is 0 Å². The summed E-state index contributed by atoms with van der Waals surface area (Å²) in [6.45, 7) is 2.09. The molecule has 0 fully saturated rings. The highest BCUT2D eigenvalue weighted by Crippen LogP contribution is 2.32. The lowest BCUT2D eigenvalue weighted by atomic mass is 10.1. The predicted molar refractivity (Wildman–Crippen MR) is 100 cm³/mol. The number of carbonyl (C=O) groups excluding carboxylic acids is 1. The first kappa shape index (κ1) is 17.2. The van der Waals surface area contributed by atoms with Crippen LogP contribution in [0.2, 0.25) is 0 Å². The number of thiophene rings is 1. The van der Waals surface area contributed by atoms with Crippen molar-refractivity contribution in [2.24, 2.45) is 0 Å². The lowest BCUT2D eigenvalue weighted by molar-refractivity contribution is -0.384. The molecule has 3 rings (SSSR count). The second-order valence-electron chi connectivity index (χ2n) is 5.36. The van der Waals surface area contributed by atoms with Crippen LogP contribution in [0.5, 0.6) is 0 Å². The fraction of sp³-hybridized carbons (Fsp3) is 0.176. The van der Waals surface area contributed by atoms with Gasteiger partial charge in [0.25, 0.3) is 5.69 Å². The number of aryl methyl sites for hydroxylation is 1. The van der Waals surface area contributed by atoms with Crippen LogP contribution in [0.4, 0.5) is 10.8 Å². The predicted octanol–water partition coefficient (Wildman–Crippen LogP) is 4.52. The van der Waals surface area contributed by atoms with E-state index in [0.717, 1.165) is 12.0 Å². The number of hydrogen-bond donors (Lipinski definition) is 1. The maximum Gasteiger partial charge on any atom is 0.280 e. The average molecular weight is 373 g/mol. The molecule has 0 aliphatic heterocycles. The highest BCUT2D eigenvalue weighted by atomic mass is 32.1. The molecular weight excluding hydrogens is 358 g/mol. The number of carbonyl (C=O) groups is 1. The fourth-order valence-electron chi connectivity index (χ4n) is 2.24. The molecule has 0 saturated carbocycles. The number of hydrogen-bond acceptors (Lipinski definition) is 6. The molecule has 1 amide bonds. The van der Waals surface area contributed by atoms with Crippen molar-refractivity contribution in [1.82, 2.24) is 4.98 Å². The van der Waals surface area contributed by atoms with E-state index < -0.39 is 4.92 Å². The summed E-state index contributed by atoms with van der Waals surface area (Å²) < 4.78 is 0. The summed E-state index contributed by atoms with van der Waals surface area (Å²) in [5.74, 6) is -0.137. The van der Waals surface area contributed by atoms with E-state index in [2.05, 4.69) is 17.2 Å². The van der Waals surface area contributed by atoms with Gasteiger partial charge in [-0.25, -0.2) is 4.98 Å². The van der Waals surface area contributed by atoms with Gasteiger partial charge in [0.05, 0.1) is 27.3 Å². The Kier molecular flexibility index (Phi) is 5.20. The Labute approximate surface area is 152 Å². The normalized spacial score (nSPS) is 10.6. The molecule has 0 aliphatic rings. The average Bonchev–Trinajstić information content (AvgIpc) is 3.24. The number of aromatic nitrogens is 1. The molecule has 6 nitrogen and oxygen atoms in total. The molecule has 0 aliphatic carbocycles. The number of nitrogens with zero attached hydrogens (tertiary/aromatic N) is 2. The summed E-state index contributed by atoms with van der Waals surface area (Å²) in [6, 6.07) is 9.44. The molecule has 2 aromatic heterocycles. The number of nitro groups is 1. The summed E-state index contributed by atoms with van der Waals surface area (Å²) in [4.78, 5) is 27.5. The van der Waals surface area contributed by atoms with Crippen molar-refractivity contribution < 1.29 is 9.72 Å². The molecule has 1 N–H and O–H groups in total. The van der Waals surface area contributed by atoms with Gasteiger partial charge in [0.2, 0.25) is 5.91 Å². The van der Waals surface area contributed by atoms with E-state index in [9.17, 15) is 14.9 Å². The van der Waals surface area contributed by atoms with E-state index in [1.54, 1.807) is 5.38 Å². The van der Waals surface area contributed by atoms with Crippen molar-refractivity contribution in [1.29, 1.82) is 0 Å². The molecule has 1 aromatic carbocycles. The van der Waals surface area contributed by atoms with E-state index in [1.165, 1.54) is 39.7 Å². The molecule has 8 heteroatoms. The van der Waals surface area contributed by atoms with Crippen molar-refractivity contribution >= 4 is 39.4 Å². The van der Waals surface area contributed by atoms with Gasteiger partial charge in [0.1, 0.15) is 0 Å². The number of anilines is 1. The Morgan fingerprint density at radius 2 is 1.92 bits per heavy atom. The number of rotatable bonds is 6. The van der Waals surface area contributed by atoms with Gasteiger partial charge in [-0.3, -0.25) is 14.9 Å². The van der Waals surface area contributed by atoms with Crippen LogP contribution < -0.4 is 5.32 Å². The van der Waals surface area contributed by atoms with E-state index in [-0.39, 0.29) is 18.0 Å². The zero-order valence-electron chi connectivity index (χ0n) is 13.4. The third kappa shape index (κ3) is 4.28. The van der Waals surface area contributed by atoms with Crippen LogP contribution in [0.3, 0.4) is 0 Å². The lowest BCUT2D eigenvalue weighted by Crippen LogP contribution is -2.14. The van der Waals surface area contributed by atoms with Crippen molar-refractivity contribution in [3.05, 3.63) is 62.3 Å². The van der Waals surface area contributed by atoms with Crippen LogP contribution in [0, 0.1) is 10.1 Å². The van der Waals surface area contributed by atoms with Crippen LogP contribution in [-0.2, 0) is 17.6 Å². The molecule has 0 unspecified atom stereocenters. The Morgan fingerprint density at radius 3 is 2.56 bits per heavy atom. The van der Waals surface area contributed by atoms with Crippen LogP contribution in [0.25, 0.3) is 10.6 Å². The zero-order chi connectivity index (χ0) is 17.8. The monoisotopic (exact) mass is 373 g/mol. The van der Waals surface area contributed by atoms with E-state index >= 15 is 0 Å². The van der Waals surface area contributed by atoms with E-state index in [4.69, 9.17) is 0 Å². The number of benzene rings is 1. The van der Waals surface area contributed by atoms with Crippen LogP contribution >= 0.6 is 22.7 Å². The third-order valence-electron chi connectivity index (χ3n) is 3.60. The van der Waals surface area contributed by atoms with Crippen LogP contribution in [0.1, 0.15) is 18.1 Å².